The number of nitrogens with one attached hydrogen (secondary N) is 1. The zero-order chi connectivity index (χ0) is 18.2. The summed E-state index contributed by atoms with van der Waals surface area (Å²) >= 11 is 0. The van der Waals surface area contributed by atoms with Crippen LogP contribution in [0.15, 0.2) is 54.9 Å². The van der Waals surface area contributed by atoms with Crippen LogP contribution in [0.3, 0.4) is 0 Å². The highest BCUT2D eigenvalue weighted by molar-refractivity contribution is 5.96. The predicted octanol–water partition coefficient (Wildman–Crippen LogP) is 1.93. The molecule has 5 rings (SSSR count). The van der Waals surface area contributed by atoms with E-state index in [0.29, 0.717) is 29.7 Å². The third-order valence-electron chi connectivity index (χ3n) is 4.14. The van der Waals surface area contributed by atoms with Crippen molar-refractivity contribution >= 4 is 22.2 Å². The molecule has 0 amide bonds. The molecule has 0 spiro atoms. The zero-order valence-electron chi connectivity index (χ0n) is 14.4. The summed E-state index contributed by atoms with van der Waals surface area (Å²) in [5, 5.41) is 16.6. The van der Waals surface area contributed by atoms with Gasteiger partial charge in [0.25, 0.3) is 0 Å². The zero-order valence-corrected chi connectivity index (χ0v) is 14.4. The number of fused-ring (bicyclic) bond motifs is 3. The first-order valence-electron chi connectivity index (χ1n) is 8.34. The Balaban J connectivity index is 1.63. The second kappa shape index (κ2) is 6.22. The summed E-state index contributed by atoms with van der Waals surface area (Å²) in [5.41, 5.74) is 4.16. The first-order valence-corrected chi connectivity index (χ1v) is 8.34. The van der Waals surface area contributed by atoms with Gasteiger partial charge in [0.05, 0.1) is 11.9 Å². The molecular formula is C18H15N7O2. The van der Waals surface area contributed by atoms with Crippen molar-refractivity contribution in [2.75, 3.05) is 7.05 Å². The van der Waals surface area contributed by atoms with Crippen LogP contribution in [0.1, 0.15) is 11.5 Å². The van der Waals surface area contributed by atoms with Crippen LogP contribution < -0.4 is 10.3 Å². The summed E-state index contributed by atoms with van der Waals surface area (Å²) in [6.07, 6.45) is 3.50. The van der Waals surface area contributed by atoms with E-state index in [2.05, 4.69) is 25.9 Å². The molecule has 1 aliphatic heterocycles. The van der Waals surface area contributed by atoms with Crippen molar-refractivity contribution in [2.45, 2.75) is 6.61 Å². The first-order chi connectivity index (χ1) is 13.3. The molecule has 27 heavy (non-hydrogen) atoms. The monoisotopic (exact) mass is 361 g/mol. The number of benzene rings is 1. The summed E-state index contributed by atoms with van der Waals surface area (Å²) in [5.74, 6) is 1.48. The Morgan fingerprint density at radius 2 is 1.93 bits per heavy atom. The van der Waals surface area contributed by atoms with Crippen molar-refractivity contribution in [1.29, 1.82) is 0 Å². The summed E-state index contributed by atoms with van der Waals surface area (Å²) in [6, 6.07) is 13.5. The van der Waals surface area contributed by atoms with Gasteiger partial charge in [-0.15, -0.1) is 15.3 Å². The molecule has 1 aliphatic rings. The maximum absolute atomic E-state index is 5.99. The molecule has 0 aliphatic carbocycles. The van der Waals surface area contributed by atoms with Crippen LogP contribution in [0, 0.1) is 0 Å². The van der Waals surface area contributed by atoms with E-state index in [1.165, 1.54) is 0 Å². The second-order valence-electron chi connectivity index (χ2n) is 6.02. The topological polar surface area (TPSA) is 89.7 Å². The van der Waals surface area contributed by atoms with Crippen molar-refractivity contribution in [2.24, 2.45) is 0 Å². The molecule has 4 aromatic rings. The van der Waals surface area contributed by atoms with E-state index >= 15 is 0 Å². The van der Waals surface area contributed by atoms with E-state index in [9.17, 15) is 0 Å². The predicted molar refractivity (Wildman–Crippen MR) is 96.8 cm³/mol. The minimum atomic E-state index is 0.310. The van der Waals surface area contributed by atoms with Gasteiger partial charge in [0.15, 0.2) is 5.65 Å². The molecule has 0 bridgehead atoms. The van der Waals surface area contributed by atoms with Crippen molar-refractivity contribution < 1.29 is 9.57 Å². The molecule has 9 nitrogen and oxygen atoms in total. The van der Waals surface area contributed by atoms with Crippen molar-refractivity contribution in [3.05, 3.63) is 66.4 Å². The maximum atomic E-state index is 5.99. The minimum absolute atomic E-state index is 0.310. The summed E-state index contributed by atoms with van der Waals surface area (Å²) < 4.78 is 7.61. The second-order valence-corrected chi connectivity index (χ2v) is 6.02. The van der Waals surface area contributed by atoms with E-state index in [1.807, 2.05) is 49.5 Å². The SMILES string of the molecule is CN1C=C(c2nnc3c4ccccc4c(OCc4ccccn4)nn23)ON1. The highest BCUT2D eigenvalue weighted by Crippen LogP contribution is 2.28. The molecule has 3 aromatic heterocycles. The standard InChI is InChI=1S/C18H15N7O2/c1-24-10-15(27-23-24)17-21-20-16-13-7-2-3-8-14(13)18(22-25(16)17)26-11-12-6-4-5-9-19-12/h2-10,23H,11H2,1H3. The van der Waals surface area contributed by atoms with Crippen molar-refractivity contribution in [3.63, 3.8) is 0 Å². The van der Waals surface area contributed by atoms with Crippen LogP contribution in [0.4, 0.5) is 0 Å². The largest absolute Gasteiger partial charge is 0.470 e. The quantitative estimate of drug-likeness (QED) is 0.590. The number of ether oxygens (including phenoxy) is 1. The van der Waals surface area contributed by atoms with Gasteiger partial charge in [-0.25, -0.2) is 0 Å². The van der Waals surface area contributed by atoms with Crippen LogP contribution in [-0.2, 0) is 11.4 Å². The minimum Gasteiger partial charge on any atom is -0.470 e. The Hall–Kier alpha value is -3.72. The van der Waals surface area contributed by atoms with E-state index in [0.717, 1.165) is 16.5 Å². The Morgan fingerprint density at radius 3 is 2.70 bits per heavy atom. The van der Waals surface area contributed by atoms with Gasteiger partial charge in [-0.1, -0.05) is 29.9 Å². The molecule has 0 radical (unpaired) electrons. The molecular weight excluding hydrogens is 346 g/mol. The lowest BCUT2D eigenvalue weighted by atomic mass is 10.2. The lowest BCUT2D eigenvalue weighted by Gasteiger charge is -2.09. The first kappa shape index (κ1) is 15.5. The summed E-state index contributed by atoms with van der Waals surface area (Å²) in [6.45, 7) is 0.310. The van der Waals surface area contributed by atoms with Gasteiger partial charge in [-0.2, -0.15) is 4.52 Å². The smallest absolute Gasteiger partial charge is 0.240 e. The number of pyridine rings is 1. The van der Waals surface area contributed by atoms with Gasteiger partial charge in [0.1, 0.15) is 6.61 Å². The Morgan fingerprint density at radius 1 is 1.07 bits per heavy atom. The fourth-order valence-corrected chi connectivity index (χ4v) is 2.89. The van der Waals surface area contributed by atoms with E-state index in [-0.39, 0.29) is 0 Å². The Kier molecular flexibility index (Phi) is 3.58. The number of hydrazine groups is 1. The van der Waals surface area contributed by atoms with Crippen molar-refractivity contribution in [3.8, 4) is 5.88 Å². The fraction of sp³-hybridized carbons (Fsp3) is 0.111. The van der Waals surface area contributed by atoms with Gasteiger partial charge >= 0.3 is 0 Å². The van der Waals surface area contributed by atoms with Crippen LogP contribution in [0.25, 0.3) is 22.2 Å². The summed E-state index contributed by atoms with van der Waals surface area (Å²) in [4.78, 5) is 9.71. The van der Waals surface area contributed by atoms with Crippen molar-refractivity contribution in [1.82, 2.24) is 35.4 Å². The maximum Gasteiger partial charge on any atom is 0.240 e. The Bertz CT molecular complexity index is 1160. The third kappa shape index (κ3) is 2.70. The Labute approximate surface area is 153 Å². The number of rotatable bonds is 4. The number of aromatic nitrogens is 5. The molecule has 0 atom stereocenters. The van der Waals surface area contributed by atoms with Gasteiger partial charge < -0.3 is 9.57 Å². The normalized spacial score (nSPS) is 13.8. The van der Waals surface area contributed by atoms with Gasteiger partial charge in [0.2, 0.25) is 17.5 Å². The highest BCUT2D eigenvalue weighted by atomic mass is 16.7. The van der Waals surface area contributed by atoms with Gasteiger partial charge in [-0.05, 0) is 18.2 Å². The number of nitrogens with zero attached hydrogens (tertiary/aromatic N) is 6. The molecule has 4 heterocycles. The summed E-state index contributed by atoms with van der Waals surface area (Å²) in [7, 11) is 1.82. The van der Waals surface area contributed by atoms with Gasteiger partial charge in [-0.3, -0.25) is 9.99 Å². The molecule has 0 saturated heterocycles. The number of hydrogen-bond donors (Lipinski definition) is 1. The number of hydrogen-bond acceptors (Lipinski definition) is 8. The van der Waals surface area contributed by atoms with E-state index in [4.69, 9.17) is 9.57 Å². The molecule has 0 fully saturated rings. The molecule has 0 unspecified atom stereocenters. The molecule has 1 aromatic carbocycles. The average molecular weight is 361 g/mol. The average Bonchev–Trinajstić information content (AvgIpc) is 3.33. The van der Waals surface area contributed by atoms with Crippen LogP contribution in [0.2, 0.25) is 0 Å². The fourth-order valence-electron chi connectivity index (χ4n) is 2.89. The van der Waals surface area contributed by atoms with Crippen LogP contribution in [-0.4, -0.2) is 36.9 Å². The molecule has 9 heteroatoms. The van der Waals surface area contributed by atoms with Crippen LogP contribution in [0.5, 0.6) is 5.88 Å². The highest BCUT2D eigenvalue weighted by Gasteiger charge is 2.22. The lowest BCUT2D eigenvalue weighted by molar-refractivity contribution is 0.0640. The molecule has 0 saturated carbocycles. The third-order valence-corrected chi connectivity index (χ3v) is 4.14. The molecule has 134 valence electrons. The van der Waals surface area contributed by atoms with E-state index < -0.39 is 0 Å². The molecule has 1 N–H and O–H groups in total. The lowest BCUT2D eigenvalue weighted by Crippen LogP contribution is -2.22. The van der Waals surface area contributed by atoms with E-state index in [1.54, 1.807) is 21.9 Å². The van der Waals surface area contributed by atoms with Gasteiger partial charge in [0, 0.05) is 24.0 Å². The van der Waals surface area contributed by atoms with Crippen LogP contribution >= 0.6 is 0 Å².